The molecule has 2 aliphatic heterocycles. The molecule has 2 atom stereocenters. The van der Waals surface area contributed by atoms with Gasteiger partial charge in [-0.15, -0.1) is 0 Å². The fourth-order valence-corrected chi connectivity index (χ4v) is 4.02. The van der Waals surface area contributed by atoms with Crippen LogP contribution in [0.1, 0.15) is 34.9 Å². The summed E-state index contributed by atoms with van der Waals surface area (Å²) in [6.07, 6.45) is 10.5. The molecule has 0 aliphatic carbocycles. The van der Waals surface area contributed by atoms with E-state index in [1.54, 1.807) is 19.5 Å². The number of aromatic nitrogens is 3. The van der Waals surface area contributed by atoms with Crippen molar-refractivity contribution < 1.29 is 9.53 Å². The molecule has 2 aromatic rings. The minimum absolute atomic E-state index is 0.0272. The molecule has 0 aromatic carbocycles. The fourth-order valence-electron chi connectivity index (χ4n) is 4.02. The molecule has 0 bridgehead atoms. The van der Waals surface area contributed by atoms with Crippen molar-refractivity contribution in [3.05, 3.63) is 54.4 Å². The predicted molar refractivity (Wildman–Crippen MR) is 95.4 cm³/mol. The number of carbonyl (C=O) groups excluding carboxylic acids is 1. The summed E-state index contributed by atoms with van der Waals surface area (Å²) >= 11 is 0. The lowest BCUT2D eigenvalue weighted by molar-refractivity contribution is -0.115. The van der Waals surface area contributed by atoms with Gasteiger partial charge in [0.1, 0.15) is 5.69 Å². The van der Waals surface area contributed by atoms with Gasteiger partial charge in [0, 0.05) is 57.6 Å². The molecule has 2 aliphatic rings. The van der Waals surface area contributed by atoms with Gasteiger partial charge in [0.2, 0.25) is 0 Å². The van der Waals surface area contributed by atoms with Crippen LogP contribution in [0.15, 0.2) is 43.1 Å². The zero-order valence-electron chi connectivity index (χ0n) is 14.9. The maximum atomic E-state index is 12.5. The van der Waals surface area contributed by atoms with Crippen molar-refractivity contribution in [3.8, 4) is 0 Å². The zero-order chi connectivity index (χ0) is 17.9. The molecule has 4 heterocycles. The molecule has 1 amide bonds. The molecule has 2 fully saturated rings. The van der Waals surface area contributed by atoms with Crippen molar-refractivity contribution in [1.29, 1.82) is 0 Å². The molecule has 0 unspecified atom stereocenters. The van der Waals surface area contributed by atoms with Gasteiger partial charge in [0.15, 0.2) is 0 Å². The van der Waals surface area contributed by atoms with Gasteiger partial charge in [-0.05, 0) is 30.5 Å². The Morgan fingerprint density at radius 2 is 1.88 bits per heavy atom. The van der Waals surface area contributed by atoms with E-state index in [0.717, 1.165) is 32.5 Å². The van der Waals surface area contributed by atoms with Gasteiger partial charge in [-0.2, -0.15) is 0 Å². The van der Waals surface area contributed by atoms with Crippen LogP contribution in [0, 0.1) is 0 Å². The van der Waals surface area contributed by atoms with Crippen molar-refractivity contribution >= 4 is 5.91 Å². The molecule has 136 valence electrons. The van der Waals surface area contributed by atoms with Crippen LogP contribution in [-0.2, 0) is 4.74 Å². The van der Waals surface area contributed by atoms with Crippen LogP contribution in [0.5, 0.6) is 0 Å². The summed E-state index contributed by atoms with van der Waals surface area (Å²) in [5, 5.41) is 0. The SMILES string of the molecule is CO[C@H]1CN(C2CCN(C(=O)c3cnccn3)CC2)[C@H]1c1ccncc1. The second kappa shape index (κ2) is 7.47. The van der Waals surface area contributed by atoms with E-state index in [1.807, 2.05) is 17.3 Å². The highest BCUT2D eigenvalue weighted by Gasteiger charge is 2.44. The third-order valence-corrected chi connectivity index (χ3v) is 5.45. The van der Waals surface area contributed by atoms with E-state index in [9.17, 15) is 4.79 Å². The first-order chi connectivity index (χ1) is 12.8. The first kappa shape index (κ1) is 17.1. The predicted octanol–water partition coefficient (Wildman–Crippen LogP) is 1.55. The molecule has 0 spiro atoms. The van der Waals surface area contributed by atoms with Crippen molar-refractivity contribution in [2.75, 3.05) is 26.7 Å². The zero-order valence-corrected chi connectivity index (χ0v) is 14.9. The van der Waals surface area contributed by atoms with Gasteiger partial charge in [0.25, 0.3) is 5.91 Å². The molecule has 26 heavy (non-hydrogen) atoms. The Hall–Kier alpha value is -2.38. The third kappa shape index (κ3) is 3.20. The lowest BCUT2D eigenvalue weighted by Crippen LogP contribution is -2.60. The summed E-state index contributed by atoms with van der Waals surface area (Å²) in [5.74, 6) is -0.0272. The summed E-state index contributed by atoms with van der Waals surface area (Å²) < 4.78 is 5.65. The third-order valence-electron chi connectivity index (χ3n) is 5.45. The average molecular weight is 353 g/mol. The van der Waals surface area contributed by atoms with Crippen LogP contribution in [0.4, 0.5) is 0 Å². The van der Waals surface area contributed by atoms with Crippen molar-refractivity contribution in [2.45, 2.75) is 31.0 Å². The van der Waals surface area contributed by atoms with Crippen LogP contribution in [0.3, 0.4) is 0 Å². The lowest BCUT2D eigenvalue weighted by Gasteiger charge is -2.53. The maximum absolute atomic E-state index is 12.5. The Bertz CT molecular complexity index is 734. The number of likely N-dealkylation sites (tertiary alicyclic amines) is 2. The number of carbonyl (C=O) groups is 1. The van der Waals surface area contributed by atoms with Crippen molar-refractivity contribution in [1.82, 2.24) is 24.8 Å². The highest BCUT2D eigenvalue weighted by Crippen LogP contribution is 2.39. The van der Waals surface area contributed by atoms with Gasteiger partial charge >= 0.3 is 0 Å². The van der Waals surface area contributed by atoms with E-state index in [0.29, 0.717) is 11.7 Å². The van der Waals surface area contributed by atoms with Crippen LogP contribution >= 0.6 is 0 Å². The van der Waals surface area contributed by atoms with E-state index in [2.05, 4.69) is 32.0 Å². The molecular weight excluding hydrogens is 330 g/mol. The number of hydrogen-bond donors (Lipinski definition) is 0. The summed E-state index contributed by atoms with van der Waals surface area (Å²) in [5.41, 5.74) is 1.67. The van der Waals surface area contributed by atoms with Crippen molar-refractivity contribution in [2.24, 2.45) is 0 Å². The molecule has 0 radical (unpaired) electrons. The monoisotopic (exact) mass is 353 g/mol. The minimum Gasteiger partial charge on any atom is -0.378 e. The Kier molecular flexibility index (Phi) is 4.90. The molecular formula is C19H23N5O2. The van der Waals surface area contributed by atoms with Crippen LogP contribution < -0.4 is 0 Å². The molecule has 2 saturated heterocycles. The number of hydrogen-bond acceptors (Lipinski definition) is 6. The summed E-state index contributed by atoms with van der Waals surface area (Å²) in [6, 6.07) is 4.87. The Balaban J connectivity index is 1.39. The Morgan fingerprint density at radius 1 is 1.12 bits per heavy atom. The van der Waals surface area contributed by atoms with E-state index < -0.39 is 0 Å². The highest BCUT2D eigenvalue weighted by atomic mass is 16.5. The van der Waals surface area contributed by atoms with E-state index in [-0.39, 0.29) is 18.1 Å². The second-order valence-corrected chi connectivity index (χ2v) is 6.81. The number of piperidine rings is 1. The number of ether oxygens (including phenoxy) is 1. The van der Waals surface area contributed by atoms with Crippen LogP contribution in [0.2, 0.25) is 0 Å². The van der Waals surface area contributed by atoms with Gasteiger partial charge in [0.05, 0.1) is 18.3 Å². The quantitative estimate of drug-likeness (QED) is 0.830. The highest BCUT2D eigenvalue weighted by molar-refractivity contribution is 5.92. The molecule has 0 N–H and O–H groups in total. The van der Waals surface area contributed by atoms with Gasteiger partial charge in [-0.25, -0.2) is 4.98 Å². The molecule has 4 rings (SSSR count). The average Bonchev–Trinajstić information content (AvgIpc) is 2.69. The first-order valence-corrected chi connectivity index (χ1v) is 9.01. The van der Waals surface area contributed by atoms with E-state index in [4.69, 9.17) is 4.74 Å². The van der Waals surface area contributed by atoms with Gasteiger partial charge in [-0.1, -0.05) is 0 Å². The molecule has 7 nitrogen and oxygen atoms in total. The van der Waals surface area contributed by atoms with Gasteiger partial charge < -0.3 is 9.64 Å². The number of rotatable bonds is 4. The van der Waals surface area contributed by atoms with Crippen LogP contribution in [0.25, 0.3) is 0 Å². The smallest absolute Gasteiger partial charge is 0.274 e. The Labute approximate surface area is 153 Å². The second-order valence-electron chi connectivity index (χ2n) is 6.81. The van der Waals surface area contributed by atoms with Crippen molar-refractivity contribution in [3.63, 3.8) is 0 Å². The molecule has 2 aromatic heterocycles. The summed E-state index contributed by atoms with van der Waals surface area (Å²) in [4.78, 5) is 29.1. The molecule has 0 saturated carbocycles. The number of pyridine rings is 1. The Morgan fingerprint density at radius 3 is 2.54 bits per heavy atom. The molecule has 7 heteroatoms. The number of amides is 1. The topological polar surface area (TPSA) is 71.5 Å². The summed E-state index contributed by atoms with van der Waals surface area (Å²) in [7, 11) is 1.78. The van der Waals surface area contributed by atoms with E-state index >= 15 is 0 Å². The fraction of sp³-hybridized carbons (Fsp3) is 0.474. The number of nitrogens with zero attached hydrogens (tertiary/aromatic N) is 5. The first-order valence-electron chi connectivity index (χ1n) is 9.01. The maximum Gasteiger partial charge on any atom is 0.274 e. The van der Waals surface area contributed by atoms with E-state index in [1.165, 1.54) is 11.8 Å². The van der Waals surface area contributed by atoms with Gasteiger partial charge in [-0.3, -0.25) is 19.7 Å². The lowest BCUT2D eigenvalue weighted by atomic mass is 9.87. The standard InChI is InChI=1S/C19H23N5O2/c1-26-17-13-24(18(17)14-2-6-20-7-3-14)15-4-10-23(11-5-15)19(25)16-12-21-8-9-22-16/h2-3,6-9,12,15,17-18H,4-5,10-11,13H2,1H3/t17-,18-/m0/s1. The largest absolute Gasteiger partial charge is 0.378 e. The minimum atomic E-state index is -0.0272. The summed E-state index contributed by atoms with van der Waals surface area (Å²) in [6.45, 7) is 2.43. The number of methoxy groups -OCH3 is 1. The normalized spacial score (nSPS) is 24.3. The van der Waals surface area contributed by atoms with Crippen LogP contribution in [-0.4, -0.2) is 69.5 Å².